The molecule has 7 nitrogen and oxygen atoms in total. The molecule has 20 heavy (non-hydrogen) atoms. The van der Waals surface area contributed by atoms with Crippen LogP contribution in [-0.2, 0) is 10.0 Å². The zero-order chi connectivity index (χ0) is 14.8. The number of hydrogen-bond donors (Lipinski definition) is 2. The van der Waals surface area contributed by atoms with Crippen LogP contribution in [0.1, 0.15) is 5.69 Å². The third-order valence-corrected chi connectivity index (χ3v) is 4.14. The Kier molecular flexibility index (Phi) is 4.26. The van der Waals surface area contributed by atoms with Crippen LogP contribution in [0.2, 0.25) is 0 Å². The minimum absolute atomic E-state index is 0.0278. The van der Waals surface area contributed by atoms with Crippen LogP contribution in [0.25, 0.3) is 0 Å². The second-order valence-corrected chi connectivity index (χ2v) is 6.45. The van der Waals surface area contributed by atoms with E-state index in [9.17, 15) is 8.42 Å². The molecule has 0 saturated carbocycles. The van der Waals surface area contributed by atoms with E-state index >= 15 is 0 Å². The van der Waals surface area contributed by atoms with Crippen molar-refractivity contribution in [1.82, 2.24) is 15.0 Å². The Hall–Kier alpha value is -1.65. The summed E-state index contributed by atoms with van der Waals surface area (Å²) in [6.45, 7) is 0. The van der Waals surface area contributed by atoms with Crippen LogP contribution in [0, 0.1) is 0 Å². The van der Waals surface area contributed by atoms with Gasteiger partial charge >= 0.3 is 0 Å². The molecule has 3 N–H and O–H groups in total. The van der Waals surface area contributed by atoms with Gasteiger partial charge in [-0.15, -0.1) is 0 Å². The molecule has 0 radical (unpaired) electrons. The molecule has 104 valence electrons. The quantitative estimate of drug-likeness (QED) is 0.770. The molecule has 0 aliphatic carbocycles. The third kappa shape index (κ3) is 3.26. The van der Waals surface area contributed by atoms with Gasteiger partial charge < -0.3 is 5.73 Å². The van der Waals surface area contributed by atoms with Crippen molar-refractivity contribution < 1.29 is 8.42 Å². The van der Waals surface area contributed by atoms with Crippen molar-refractivity contribution >= 4 is 49.0 Å². The van der Waals surface area contributed by atoms with E-state index in [1.54, 1.807) is 0 Å². The van der Waals surface area contributed by atoms with Crippen molar-refractivity contribution in [2.75, 3.05) is 4.72 Å². The summed E-state index contributed by atoms with van der Waals surface area (Å²) in [5.41, 5.74) is 5.49. The average Bonchev–Trinajstić information content (AvgIpc) is 2.41. The fraction of sp³-hybridized carbons (Fsp3) is 0. The number of thiocarbonyl (C=S) groups is 1. The number of nitrogens with two attached hydrogens (primary N) is 1. The van der Waals surface area contributed by atoms with E-state index in [2.05, 4.69) is 35.6 Å². The van der Waals surface area contributed by atoms with Gasteiger partial charge in [0.15, 0.2) is 5.82 Å². The summed E-state index contributed by atoms with van der Waals surface area (Å²) in [5.74, 6) is 0.0749. The monoisotopic (exact) mass is 373 g/mol. The molecular weight excluding hydrogens is 366 g/mol. The molecule has 0 unspecified atom stereocenters. The number of halogens is 1. The molecule has 2 heterocycles. The Morgan fingerprint density at radius 2 is 2.05 bits per heavy atom. The van der Waals surface area contributed by atoms with Crippen LogP contribution < -0.4 is 10.5 Å². The van der Waals surface area contributed by atoms with Gasteiger partial charge in [-0.05, 0) is 28.1 Å². The number of nitrogens with zero attached hydrogens (tertiary/aromatic N) is 3. The lowest BCUT2D eigenvalue weighted by Gasteiger charge is -2.09. The van der Waals surface area contributed by atoms with Crippen molar-refractivity contribution in [1.29, 1.82) is 0 Å². The molecule has 0 amide bonds. The standard InChI is InChI=1S/C10H8BrN5O2S2/c11-7-4-15-8(5-14-7)16-20(17,18)6-2-1-3-13-9(6)10(12)19/h1-5H,(H2,12,19)(H,15,16). The number of aromatic nitrogens is 3. The molecule has 0 fully saturated rings. The van der Waals surface area contributed by atoms with Gasteiger partial charge in [-0.2, -0.15) is 0 Å². The van der Waals surface area contributed by atoms with Gasteiger partial charge in [-0.3, -0.25) is 9.71 Å². The van der Waals surface area contributed by atoms with Gasteiger partial charge in [0, 0.05) is 6.20 Å². The SMILES string of the molecule is NC(=S)c1ncccc1S(=O)(=O)Nc1cnc(Br)cn1. The molecule has 0 spiro atoms. The normalized spacial score (nSPS) is 11.1. The molecular formula is C10H8BrN5O2S2. The first kappa shape index (κ1) is 14.8. The molecule has 2 aromatic rings. The van der Waals surface area contributed by atoms with E-state index in [0.29, 0.717) is 4.60 Å². The Bertz CT molecular complexity index is 748. The maximum absolute atomic E-state index is 12.3. The predicted molar refractivity (Wildman–Crippen MR) is 80.7 cm³/mol. The Labute approximate surface area is 128 Å². The predicted octanol–water partition coefficient (Wildman–Crippen LogP) is 1.07. The van der Waals surface area contributed by atoms with E-state index in [4.69, 9.17) is 18.0 Å². The van der Waals surface area contributed by atoms with E-state index in [0.717, 1.165) is 0 Å². The number of pyridine rings is 1. The number of nitrogens with one attached hydrogen (secondary N) is 1. The minimum Gasteiger partial charge on any atom is -0.388 e. The van der Waals surface area contributed by atoms with Crippen LogP contribution >= 0.6 is 28.1 Å². The summed E-state index contributed by atoms with van der Waals surface area (Å²) < 4.78 is 27.3. The summed E-state index contributed by atoms with van der Waals surface area (Å²) in [7, 11) is -3.90. The summed E-state index contributed by atoms with van der Waals surface area (Å²) >= 11 is 7.90. The summed E-state index contributed by atoms with van der Waals surface area (Å²) in [6.07, 6.45) is 4.06. The van der Waals surface area contributed by atoms with Gasteiger partial charge in [-0.25, -0.2) is 18.4 Å². The number of hydrogen-bond acceptors (Lipinski definition) is 6. The highest BCUT2D eigenvalue weighted by Gasteiger charge is 2.21. The number of rotatable bonds is 4. The highest BCUT2D eigenvalue weighted by Crippen LogP contribution is 2.17. The number of sulfonamides is 1. The van der Waals surface area contributed by atoms with E-state index in [1.807, 2.05) is 0 Å². The minimum atomic E-state index is -3.90. The van der Waals surface area contributed by atoms with Crippen LogP contribution in [0.4, 0.5) is 5.82 Å². The zero-order valence-electron chi connectivity index (χ0n) is 9.82. The Balaban J connectivity index is 2.41. The lowest BCUT2D eigenvalue weighted by Crippen LogP contribution is -2.21. The average molecular weight is 374 g/mol. The highest BCUT2D eigenvalue weighted by molar-refractivity contribution is 9.10. The fourth-order valence-corrected chi connectivity index (χ4v) is 2.95. The molecule has 10 heteroatoms. The topological polar surface area (TPSA) is 111 Å². The van der Waals surface area contributed by atoms with Crippen molar-refractivity contribution in [2.45, 2.75) is 4.90 Å². The Morgan fingerprint density at radius 1 is 1.30 bits per heavy atom. The fourth-order valence-electron chi connectivity index (χ4n) is 1.35. The molecule has 0 aliphatic rings. The smallest absolute Gasteiger partial charge is 0.265 e. The van der Waals surface area contributed by atoms with E-state index in [-0.39, 0.29) is 21.4 Å². The summed E-state index contributed by atoms with van der Waals surface area (Å²) in [5, 5.41) is 0. The molecule has 0 aromatic carbocycles. The first-order valence-electron chi connectivity index (χ1n) is 5.15. The van der Waals surface area contributed by atoms with Crippen molar-refractivity contribution in [3.8, 4) is 0 Å². The highest BCUT2D eigenvalue weighted by atomic mass is 79.9. The first-order valence-corrected chi connectivity index (χ1v) is 7.84. The maximum atomic E-state index is 12.3. The molecule has 2 rings (SSSR count). The molecule has 2 aromatic heterocycles. The lowest BCUT2D eigenvalue weighted by atomic mass is 10.3. The molecule has 0 saturated heterocycles. The second-order valence-electron chi connectivity index (χ2n) is 3.54. The molecule has 0 atom stereocenters. The summed E-state index contributed by atoms with van der Waals surface area (Å²) in [4.78, 5) is 11.4. The van der Waals surface area contributed by atoms with E-state index in [1.165, 1.54) is 30.7 Å². The Morgan fingerprint density at radius 3 is 2.65 bits per heavy atom. The van der Waals surface area contributed by atoms with Crippen LogP contribution in [0.15, 0.2) is 40.2 Å². The van der Waals surface area contributed by atoms with Crippen LogP contribution in [-0.4, -0.2) is 28.4 Å². The van der Waals surface area contributed by atoms with Crippen LogP contribution in [0.5, 0.6) is 0 Å². The van der Waals surface area contributed by atoms with E-state index < -0.39 is 10.0 Å². The van der Waals surface area contributed by atoms with Crippen molar-refractivity contribution in [3.63, 3.8) is 0 Å². The van der Waals surface area contributed by atoms with Gasteiger partial charge in [0.05, 0.1) is 12.4 Å². The van der Waals surface area contributed by atoms with Gasteiger partial charge in [0.2, 0.25) is 0 Å². The second kappa shape index (κ2) is 5.77. The first-order chi connectivity index (χ1) is 9.40. The molecule has 0 aliphatic heterocycles. The number of anilines is 1. The largest absolute Gasteiger partial charge is 0.388 e. The van der Waals surface area contributed by atoms with Crippen molar-refractivity contribution in [3.05, 3.63) is 41.0 Å². The lowest BCUT2D eigenvalue weighted by molar-refractivity contribution is 0.600. The van der Waals surface area contributed by atoms with Gasteiger partial charge in [0.1, 0.15) is 20.2 Å². The molecule has 0 bridgehead atoms. The van der Waals surface area contributed by atoms with Crippen LogP contribution in [0.3, 0.4) is 0 Å². The van der Waals surface area contributed by atoms with Gasteiger partial charge in [0.25, 0.3) is 10.0 Å². The van der Waals surface area contributed by atoms with Gasteiger partial charge in [-0.1, -0.05) is 12.2 Å². The summed E-state index contributed by atoms with van der Waals surface area (Å²) in [6, 6.07) is 2.83. The zero-order valence-corrected chi connectivity index (χ0v) is 13.0. The third-order valence-electron chi connectivity index (χ3n) is 2.15. The maximum Gasteiger partial charge on any atom is 0.265 e. The van der Waals surface area contributed by atoms with Crippen molar-refractivity contribution in [2.24, 2.45) is 5.73 Å².